The lowest BCUT2D eigenvalue weighted by Crippen LogP contribution is -2.06. The summed E-state index contributed by atoms with van der Waals surface area (Å²) < 4.78 is 4.44. The molecule has 0 fully saturated rings. The quantitative estimate of drug-likeness (QED) is 0.154. The number of hydrogen-bond acceptors (Lipinski definition) is 7. The van der Waals surface area contributed by atoms with Gasteiger partial charge < -0.3 is 9.13 Å². The predicted octanol–water partition coefficient (Wildman–Crippen LogP) is 14.4. The molecular weight excluding hydrogens is 883 g/mol. The molecule has 0 unspecified atom stereocenters. The average molecular weight is 916 g/mol. The van der Waals surface area contributed by atoms with E-state index in [2.05, 4.69) is 94.1 Å². The Balaban J connectivity index is 1.18. The first-order valence-corrected chi connectivity index (χ1v) is 23.0. The van der Waals surface area contributed by atoms with Crippen molar-refractivity contribution in [3.63, 3.8) is 0 Å². The number of fused-ring (bicyclic) bond motifs is 6. The van der Waals surface area contributed by atoms with E-state index in [0.717, 1.165) is 82.8 Å². The molecule has 3 aromatic heterocycles. The van der Waals surface area contributed by atoms with Crippen molar-refractivity contribution in [3.8, 4) is 97.9 Å². The first-order valence-electron chi connectivity index (χ1n) is 23.0. The number of para-hydroxylation sites is 2. The van der Waals surface area contributed by atoms with Crippen LogP contribution in [0, 0.1) is 56.7 Å². The summed E-state index contributed by atoms with van der Waals surface area (Å²) in [6, 6.07) is 76.3. The van der Waals surface area contributed by atoms with Crippen LogP contribution in [0.5, 0.6) is 0 Å². The second kappa shape index (κ2) is 17.3. The van der Waals surface area contributed by atoms with Crippen LogP contribution in [0.15, 0.2) is 200 Å². The van der Waals surface area contributed by atoms with E-state index in [1.165, 1.54) is 0 Å². The largest absolute Gasteiger partial charge is 0.307 e. The van der Waals surface area contributed by atoms with Crippen LogP contribution in [0.4, 0.5) is 0 Å². The number of aromatic nitrogens is 4. The van der Waals surface area contributed by atoms with Crippen molar-refractivity contribution in [2.75, 3.05) is 0 Å². The van der Waals surface area contributed by atoms with Crippen molar-refractivity contribution in [2.45, 2.75) is 0 Å². The van der Waals surface area contributed by atoms with E-state index in [4.69, 9.17) is 9.97 Å². The first kappa shape index (κ1) is 42.5. The van der Waals surface area contributed by atoms with Gasteiger partial charge in [0.05, 0.1) is 103 Å². The van der Waals surface area contributed by atoms with E-state index in [0.29, 0.717) is 56.2 Å². The molecule has 3 heterocycles. The van der Waals surface area contributed by atoms with Gasteiger partial charge in [0, 0.05) is 38.2 Å². The highest BCUT2D eigenvalue weighted by Gasteiger charge is 2.25. The summed E-state index contributed by atoms with van der Waals surface area (Å²) in [5.41, 5.74) is 13.8. The molecule has 0 bridgehead atoms. The molecular formula is C63H33N9. The fourth-order valence-corrected chi connectivity index (χ4v) is 10.0. The Morgan fingerprint density at radius 3 is 1.26 bits per heavy atom. The van der Waals surface area contributed by atoms with E-state index in [1.807, 2.05) is 121 Å². The summed E-state index contributed by atoms with van der Waals surface area (Å²) in [5, 5.41) is 54.8. The minimum atomic E-state index is 0.400. The van der Waals surface area contributed by atoms with Crippen molar-refractivity contribution in [1.29, 1.82) is 26.3 Å². The van der Waals surface area contributed by atoms with Crippen LogP contribution in [0.1, 0.15) is 27.8 Å². The average Bonchev–Trinajstić information content (AvgIpc) is 3.96. The Bertz CT molecular complexity index is 4390. The SMILES string of the molecule is N#Cc1ccc(-c2ccc3c(c2)c2ccccc2n3-c2cc(C#N)c(-c3cc(-c4ccccc4)nc(-c4ccccc4)n3)cc2-n2c3ccccc3c3cc(-c4ccc(C#N)cc4C#N)ccc32)c(C#N)c1. The van der Waals surface area contributed by atoms with Gasteiger partial charge in [-0.3, -0.25) is 0 Å². The zero-order chi connectivity index (χ0) is 48.9. The zero-order valence-electron chi connectivity index (χ0n) is 38.1. The van der Waals surface area contributed by atoms with Crippen LogP contribution in [-0.4, -0.2) is 19.1 Å². The number of nitrogens with zero attached hydrogens (tertiary/aromatic N) is 9. The lowest BCUT2D eigenvalue weighted by molar-refractivity contribution is 1.09. The summed E-state index contributed by atoms with van der Waals surface area (Å²) in [7, 11) is 0. The molecule has 0 spiro atoms. The van der Waals surface area contributed by atoms with Crippen LogP contribution < -0.4 is 0 Å². The number of rotatable bonds is 7. The first-order chi connectivity index (χ1) is 35.5. The lowest BCUT2D eigenvalue weighted by atomic mass is 9.97. The van der Waals surface area contributed by atoms with Gasteiger partial charge >= 0.3 is 0 Å². The fourth-order valence-electron chi connectivity index (χ4n) is 10.0. The molecule has 0 amide bonds. The maximum Gasteiger partial charge on any atom is 0.160 e. The van der Waals surface area contributed by atoms with Gasteiger partial charge in [-0.25, -0.2) is 9.97 Å². The van der Waals surface area contributed by atoms with Gasteiger partial charge in [0.1, 0.15) is 0 Å². The predicted molar refractivity (Wildman–Crippen MR) is 281 cm³/mol. The van der Waals surface area contributed by atoms with Crippen molar-refractivity contribution < 1.29 is 0 Å². The minimum absolute atomic E-state index is 0.400. The molecule has 0 aliphatic rings. The normalized spacial score (nSPS) is 11.0. The molecule has 9 aromatic carbocycles. The van der Waals surface area contributed by atoms with E-state index in [9.17, 15) is 26.3 Å². The lowest BCUT2D eigenvalue weighted by Gasteiger charge is -2.20. The van der Waals surface area contributed by atoms with Crippen molar-refractivity contribution in [2.24, 2.45) is 0 Å². The van der Waals surface area contributed by atoms with Gasteiger partial charge in [0.25, 0.3) is 0 Å². The Morgan fingerprint density at radius 1 is 0.306 bits per heavy atom. The Morgan fingerprint density at radius 2 is 0.750 bits per heavy atom. The summed E-state index contributed by atoms with van der Waals surface area (Å²) in [6.45, 7) is 0. The molecule has 9 heteroatoms. The monoisotopic (exact) mass is 915 g/mol. The third-order valence-electron chi connectivity index (χ3n) is 13.3. The molecule has 0 aliphatic carbocycles. The van der Waals surface area contributed by atoms with E-state index < -0.39 is 0 Å². The summed E-state index contributed by atoms with van der Waals surface area (Å²) in [6.07, 6.45) is 0. The zero-order valence-corrected chi connectivity index (χ0v) is 38.1. The molecule has 0 saturated heterocycles. The van der Waals surface area contributed by atoms with E-state index in [-0.39, 0.29) is 0 Å². The summed E-state index contributed by atoms with van der Waals surface area (Å²) >= 11 is 0. The smallest absolute Gasteiger partial charge is 0.160 e. The highest BCUT2D eigenvalue weighted by molar-refractivity contribution is 6.13. The summed E-state index contributed by atoms with van der Waals surface area (Å²) in [4.78, 5) is 10.3. The molecule has 0 saturated carbocycles. The molecule has 0 atom stereocenters. The van der Waals surface area contributed by atoms with E-state index >= 15 is 0 Å². The summed E-state index contributed by atoms with van der Waals surface area (Å²) in [5.74, 6) is 0.519. The maximum atomic E-state index is 11.3. The van der Waals surface area contributed by atoms with Crippen LogP contribution >= 0.6 is 0 Å². The Labute approximate surface area is 413 Å². The topological polar surface area (TPSA) is 155 Å². The van der Waals surface area contributed by atoms with Crippen LogP contribution in [0.25, 0.3) is 111 Å². The van der Waals surface area contributed by atoms with Gasteiger partial charge in [0.2, 0.25) is 0 Å². The number of nitriles is 5. The highest BCUT2D eigenvalue weighted by atomic mass is 15.1. The standard InChI is InChI=1S/C63H33N9/c64-34-39-19-23-48(45(27-39)36-66)43-21-25-59-53(29-43)50-15-7-9-17-57(50)71(59)61-31-47(38-68)52(56-33-55(41-11-3-1-4-12-41)69-63(70-56)42-13-5-2-6-14-42)32-62(61)72-58-18-10-8-16-51(58)54-30-44(22-26-60(54)72)49-24-20-40(35-65)28-46(49)37-67/h1-33H. The third kappa shape index (κ3) is 6.98. The Hall–Kier alpha value is -10.9. The molecule has 12 aromatic rings. The molecule has 0 aliphatic heterocycles. The molecule has 12 rings (SSSR count). The van der Waals surface area contributed by atoms with Crippen LogP contribution in [0.2, 0.25) is 0 Å². The van der Waals surface area contributed by atoms with Gasteiger partial charge in [-0.1, -0.05) is 121 Å². The van der Waals surface area contributed by atoms with Crippen molar-refractivity contribution in [3.05, 3.63) is 228 Å². The molecule has 330 valence electrons. The van der Waals surface area contributed by atoms with Gasteiger partial charge in [-0.05, 0) is 101 Å². The van der Waals surface area contributed by atoms with Crippen molar-refractivity contribution >= 4 is 43.6 Å². The van der Waals surface area contributed by atoms with Crippen molar-refractivity contribution in [1.82, 2.24) is 19.1 Å². The third-order valence-corrected chi connectivity index (χ3v) is 13.3. The van der Waals surface area contributed by atoms with Crippen LogP contribution in [-0.2, 0) is 0 Å². The second-order valence-corrected chi connectivity index (χ2v) is 17.3. The maximum absolute atomic E-state index is 11.3. The van der Waals surface area contributed by atoms with Crippen LogP contribution in [0.3, 0.4) is 0 Å². The molecule has 0 radical (unpaired) electrons. The minimum Gasteiger partial charge on any atom is -0.307 e. The van der Waals surface area contributed by atoms with Gasteiger partial charge in [-0.2, -0.15) is 26.3 Å². The number of hydrogen-bond donors (Lipinski definition) is 0. The highest BCUT2D eigenvalue weighted by Crippen LogP contribution is 2.43. The molecule has 72 heavy (non-hydrogen) atoms. The van der Waals surface area contributed by atoms with Gasteiger partial charge in [0.15, 0.2) is 5.82 Å². The van der Waals surface area contributed by atoms with Gasteiger partial charge in [-0.15, -0.1) is 0 Å². The molecule has 9 nitrogen and oxygen atoms in total. The second-order valence-electron chi connectivity index (χ2n) is 17.3. The van der Waals surface area contributed by atoms with E-state index in [1.54, 1.807) is 24.3 Å². The number of benzene rings is 9. The molecule has 0 N–H and O–H groups in total. The Kier molecular flexibility index (Phi) is 10.2. The fraction of sp³-hybridized carbons (Fsp3) is 0.